The van der Waals surface area contributed by atoms with Crippen LogP contribution in [0.15, 0.2) is 11.1 Å². The van der Waals surface area contributed by atoms with Crippen molar-refractivity contribution in [2.24, 2.45) is 0 Å². The Bertz CT molecular complexity index is 68.5. The van der Waals surface area contributed by atoms with E-state index in [1.54, 1.807) is 13.2 Å². The highest BCUT2D eigenvalue weighted by atomic mass is 35.5. The summed E-state index contributed by atoms with van der Waals surface area (Å²) in [6, 6.07) is 0. The highest BCUT2D eigenvalue weighted by Crippen LogP contribution is 1.97. The minimum absolute atomic E-state index is 0.463. The monoisotopic (exact) mass is 119 g/mol. The molecule has 0 heterocycles. The molecule has 0 aliphatic rings. The van der Waals surface area contributed by atoms with Gasteiger partial charge in [-0.05, 0) is 6.92 Å². The molecular weight excluding hydrogens is 112 g/mol. The summed E-state index contributed by atoms with van der Waals surface area (Å²) in [5.41, 5.74) is 0. The number of rotatable bonds is 2. The molecule has 41 valence electrons. The minimum atomic E-state index is 0.463. The number of hydrogen-bond donors (Lipinski definition) is 0. The Morgan fingerprint density at radius 2 is 2.57 bits per heavy atom. The molecule has 7 heavy (non-hydrogen) atoms. The Kier molecular flexibility index (Phi) is 4.15. The van der Waals surface area contributed by atoms with Crippen LogP contribution in [0, 0.1) is 6.92 Å². The lowest BCUT2D eigenvalue weighted by Crippen LogP contribution is -1.85. The predicted molar refractivity (Wildman–Crippen MR) is 31.2 cm³/mol. The molecule has 1 radical (unpaired) electrons. The molecule has 0 aromatic rings. The first-order valence-electron chi connectivity index (χ1n) is 1.94. The van der Waals surface area contributed by atoms with Gasteiger partial charge < -0.3 is 4.74 Å². The van der Waals surface area contributed by atoms with E-state index in [0.717, 1.165) is 0 Å². The molecule has 0 aromatic heterocycles. The largest absolute Gasteiger partial charge is 0.379 e. The molecule has 1 nitrogen and oxygen atoms in total. The summed E-state index contributed by atoms with van der Waals surface area (Å²) in [6.07, 6.45) is 1.56. The molecule has 0 saturated heterocycles. The first kappa shape index (κ1) is 6.99. The fourth-order valence-corrected chi connectivity index (χ4v) is 0.306. The van der Waals surface area contributed by atoms with E-state index in [4.69, 9.17) is 11.6 Å². The molecule has 0 amide bonds. The summed E-state index contributed by atoms with van der Waals surface area (Å²) in [4.78, 5) is 0. The summed E-state index contributed by atoms with van der Waals surface area (Å²) >= 11 is 5.44. The van der Waals surface area contributed by atoms with Gasteiger partial charge in [0, 0.05) is 12.1 Å². The standard InChI is InChI=1S/C5H8ClO/c1-3-5(6)4-7-2/h3H,1,4H2,2H3/b5-3-. The summed E-state index contributed by atoms with van der Waals surface area (Å²) in [5, 5.41) is 0.641. The summed E-state index contributed by atoms with van der Waals surface area (Å²) < 4.78 is 4.65. The van der Waals surface area contributed by atoms with Crippen LogP contribution < -0.4 is 0 Å². The third kappa shape index (κ3) is 3.83. The lowest BCUT2D eigenvalue weighted by molar-refractivity contribution is 0.231. The van der Waals surface area contributed by atoms with Gasteiger partial charge in [0.25, 0.3) is 0 Å². The number of methoxy groups -OCH3 is 1. The van der Waals surface area contributed by atoms with E-state index in [1.165, 1.54) is 0 Å². The van der Waals surface area contributed by atoms with Crippen molar-refractivity contribution in [2.75, 3.05) is 13.7 Å². The molecule has 2 heteroatoms. The Balaban J connectivity index is 3.17. The van der Waals surface area contributed by atoms with Crippen LogP contribution in [0.25, 0.3) is 0 Å². The van der Waals surface area contributed by atoms with E-state index in [0.29, 0.717) is 11.6 Å². The fourth-order valence-electron chi connectivity index (χ4n) is 0.197. The summed E-state index contributed by atoms with van der Waals surface area (Å²) in [7, 11) is 1.59. The predicted octanol–water partition coefficient (Wildman–Crippen LogP) is 1.59. The number of ether oxygens (including phenoxy) is 1. The van der Waals surface area contributed by atoms with Crippen LogP contribution in [-0.2, 0) is 4.74 Å². The maximum atomic E-state index is 5.44. The van der Waals surface area contributed by atoms with Crippen LogP contribution in [0.3, 0.4) is 0 Å². The van der Waals surface area contributed by atoms with Crippen LogP contribution in [0.5, 0.6) is 0 Å². The molecule has 0 aliphatic heterocycles. The van der Waals surface area contributed by atoms with Crippen molar-refractivity contribution in [3.63, 3.8) is 0 Å². The number of halogens is 1. The smallest absolute Gasteiger partial charge is 0.0815 e. The van der Waals surface area contributed by atoms with Crippen molar-refractivity contribution in [3.05, 3.63) is 18.0 Å². The quantitative estimate of drug-likeness (QED) is 0.537. The van der Waals surface area contributed by atoms with Crippen LogP contribution in [0.1, 0.15) is 0 Å². The van der Waals surface area contributed by atoms with Crippen LogP contribution in [0.2, 0.25) is 0 Å². The van der Waals surface area contributed by atoms with E-state index >= 15 is 0 Å². The molecule has 0 N–H and O–H groups in total. The SMILES string of the molecule is [CH2]/C=C(\Cl)COC. The molecule has 0 aliphatic carbocycles. The van der Waals surface area contributed by atoms with Crippen molar-refractivity contribution in [3.8, 4) is 0 Å². The number of hydrogen-bond acceptors (Lipinski definition) is 1. The Morgan fingerprint density at radius 1 is 2.00 bits per heavy atom. The van der Waals surface area contributed by atoms with Gasteiger partial charge in [0.05, 0.1) is 6.61 Å². The highest BCUT2D eigenvalue weighted by Gasteiger charge is 1.82. The molecule has 0 fully saturated rings. The second kappa shape index (κ2) is 4.16. The Morgan fingerprint density at radius 3 is 2.71 bits per heavy atom. The molecule has 0 saturated carbocycles. The molecule has 0 spiro atoms. The van der Waals surface area contributed by atoms with Crippen molar-refractivity contribution in [1.29, 1.82) is 0 Å². The van der Waals surface area contributed by atoms with E-state index in [9.17, 15) is 0 Å². The average Bonchev–Trinajstić information content (AvgIpc) is 1.68. The third-order valence-electron chi connectivity index (χ3n) is 0.504. The third-order valence-corrected chi connectivity index (χ3v) is 0.767. The summed E-state index contributed by atoms with van der Waals surface area (Å²) in [5.74, 6) is 0. The van der Waals surface area contributed by atoms with Gasteiger partial charge in [-0.25, -0.2) is 0 Å². The highest BCUT2D eigenvalue weighted by molar-refractivity contribution is 6.29. The minimum Gasteiger partial charge on any atom is -0.379 e. The maximum Gasteiger partial charge on any atom is 0.0815 e. The zero-order valence-corrected chi connectivity index (χ0v) is 5.03. The van der Waals surface area contributed by atoms with Crippen molar-refractivity contribution >= 4 is 11.6 Å². The van der Waals surface area contributed by atoms with E-state index in [-0.39, 0.29) is 0 Å². The van der Waals surface area contributed by atoms with E-state index in [2.05, 4.69) is 11.7 Å². The van der Waals surface area contributed by atoms with Gasteiger partial charge in [-0.1, -0.05) is 17.7 Å². The van der Waals surface area contributed by atoms with Gasteiger partial charge in [0.2, 0.25) is 0 Å². The average molecular weight is 120 g/mol. The topological polar surface area (TPSA) is 9.23 Å². The van der Waals surface area contributed by atoms with Crippen LogP contribution in [-0.4, -0.2) is 13.7 Å². The van der Waals surface area contributed by atoms with Crippen LogP contribution >= 0.6 is 11.6 Å². The molecule has 0 rings (SSSR count). The normalized spacial score (nSPS) is 12.1. The van der Waals surface area contributed by atoms with Gasteiger partial charge >= 0.3 is 0 Å². The second-order valence-corrected chi connectivity index (χ2v) is 1.57. The lowest BCUT2D eigenvalue weighted by Gasteiger charge is -1.90. The van der Waals surface area contributed by atoms with Gasteiger partial charge in [-0.3, -0.25) is 0 Å². The van der Waals surface area contributed by atoms with Gasteiger partial charge in [0.1, 0.15) is 0 Å². The molecule has 0 bridgehead atoms. The molecule has 0 atom stereocenters. The Labute approximate surface area is 48.9 Å². The zero-order chi connectivity index (χ0) is 5.70. The fraction of sp³-hybridized carbons (Fsp3) is 0.400. The van der Waals surface area contributed by atoms with E-state index < -0.39 is 0 Å². The van der Waals surface area contributed by atoms with Crippen molar-refractivity contribution < 1.29 is 4.74 Å². The molecule has 0 unspecified atom stereocenters. The maximum absolute atomic E-state index is 5.44. The van der Waals surface area contributed by atoms with Gasteiger partial charge in [-0.15, -0.1) is 0 Å². The second-order valence-electron chi connectivity index (χ2n) is 1.08. The Hall–Kier alpha value is -0.0100. The van der Waals surface area contributed by atoms with Crippen molar-refractivity contribution in [2.45, 2.75) is 0 Å². The van der Waals surface area contributed by atoms with Crippen molar-refractivity contribution in [1.82, 2.24) is 0 Å². The molecular formula is C5H8ClO. The molecule has 0 aromatic carbocycles. The first-order chi connectivity index (χ1) is 3.31. The first-order valence-corrected chi connectivity index (χ1v) is 2.31. The van der Waals surface area contributed by atoms with Crippen LogP contribution in [0.4, 0.5) is 0 Å². The van der Waals surface area contributed by atoms with E-state index in [1.807, 2.05) is 0 Å². The van der Waals surface area contributed by atoms with Gasteiger partial charge in [0.15, 0.2) is 0 Å². The van der Waals surface area contributed by atoms with Gasteiger partial charge in [-0.2, -0.15) is 0 Å². The zero-order valence-electron chi connectivity index (χ0n) is 4.28. The summed E-state index contributed by atoms with van der Waals surface area (Å²) in [6.45, 7) is 3.89. The number of allylic oxidation sites excluding steroid dienone is 1. The lowest BCUT2D eigenvalue weighted by atomic mass is 10.5.